The van der Waals surface area contributed by atoms with Crippen molar-refractivity contribution in [2.24, 2.45) is 0 Å². The maximum atomic E-state index is 4.37. The van der Waals surface area contributed by atoms with Crippen LogP contribution >= 0.6 is 0 Å². The number of hydrogen-bond acceptors (Lipinski definition) is 8. The fourth-order valence-electron chi connectivity index (χ4n) is 2.97. The molecule has 0 bridgehead atoms. The zero-order chi connectivity index (χ0) is 23.0. The predicted molar refractivity (Wildman–Crippen MR) is 150 cm³/mol. The van der Waals surface area contributed by atoms with Gasteiger partial charge in [0.2, 0.25) is 0 Å². The van der Waals surface area contributed by atoms with Gasteiger partial charge in [-0.25, -0.2) is 0 Å². The van der Waals surface area contributed by atoms with Gasteiger partial charge in [-0.15, -0.1) is 0 Å². The van der Waals surface area contributed by atoms with Crippen molar-refractivity contribution in [1.82, 2.24) is 50.3 Å². The predicted octanol–water partition coefficient (Wildman–Crippen LogP) is -2.22. The van der Waals surface area contributed by atoms with Crippen molar-refractivity contribution in [1.29, 1.82) is 0 Å². The molecule has 0 radical (unpaired) electrons. The minimum absolute atomic E-state index is 0. The Bertz CT molecular complexity index is 1240. The Labute approximate surface area is 243 Å². The van der Waals surface area contributed by atoms with Gasteiger partial charge in [-0.3, -0.25) is 19.9 Å². The summed E-state index contributed by atoms with van der Waals surface area (Å²) in [6.45, 7) is 0. The van der Waals surface area contributed by atoms with E-state index in [4.69, 9.17) is 0 Å². The van der Waals surface area contributed by atoms with E-state index in [1.807, 2.05) is 48.5 Å². The van der Waals surface area contributed by atoms with Crippen LogP contribution < -0.4 is 9.97 Å². The first-order chi connectivity index (χ1) is 16.9. The first kappa shape index (κ1) is 40.6. The van der Waals surface area contributed by atoms with E-state index in [2.05, 4.69) is 50.3 Å². The molecule has 6 heterocycles. The summed E-state index contributed by atoms with van der Waals surface area (Å²) in [5.74, 6) is 2.44. The molecule has 0 fully saturated rings. The van der Waals surface area contributed by atoms with Gasteiger partial charge < -0.3 is 63.2 Å². The van der Waals surface area contributed by atoms with Gasteiger partial charge >= 0.3 is 16.5 Å². The molecule has 0 unspecified atom stereocenters. The summed E-state index contributed by atoms with van der Waals surface area (Å²) in [5.41, 5.74) is 3.64. The van der Waals surface area contributed by atoms with Crippen LogP contribution in [0.15, 0.2) is 98.1 Å². The number of rotatable bonds is 4. The number of aromatic nitrogens is 10. The van der Waals surface area contributed by atoms with E-state index in [0.29, 0.717) is 23.3 Å². The molecular weight excluding hydrogens is 583 g/mol. The van der Waals surface area contributed by atoms with Crippen molar-refractivity contribution in [3.63, 3.8) is 0 Å². The molecular formula is C24H32N10NiO6+4. The van der Waals surface area contributed by atoms with Crippen LogP contribution in [0.5, 0.6) is 0 Å². The molecule has 16 nitrogen and oxygen atoms in total. The average Bonchev–Trinajstić information content (AvgIpc) is 3.62. The first-order valence-corrected chi connectivity index (χ1v) is 10.2. The third kappa shape index (κ3) is 10.3. The molecule has 0 aliphatic carbocycles. The quantitative estimate of drug-likeness (QED) is 0.152. The third-order valence-corrected chi connectivity index (χ3v) is 4.66. The molecule has 0 amide bonds. The summed E-state index contributed by atoms with van der Waals surface area (Å²) >= 11 is 0. The van der Waals surface area contributed by atoms with Crippen LogP contribution in [0.1, 0.15) is 0 Å². The molecule has 6 aromatic rings. The molecule has 0 saturated heterocycles. The Morgan fingerprint density at radius 1 is 0.341 bits per heavy atom. The summed E-state index contributed by atoms with van der Waals surface area (Å²) in [6.07, 6.45) is 13.6. The molecule has 41 heavy (non-hydrogen) atoms. The van der Waals surface area contributed by atoms with Crippen LogP contribution in [-0.2, 0) is 38.4 Å². The maximum Gasteiger partial charge on any atom is 2.00 e. The topological polar surface area (TPSA) is 326 Å². The fourth-order valence-corrected chi connectivity index (χ4v) is 2.97. The molecule has 6 aromatic heterocycles. The standard InChI is InChI=1S/2C12H8N5.Ni.6H2O/c2*1-5-13-6-2-9(1)11-15-12(17-16-11)10-3-7-14-8-4-10;;;;;;;/h2*1-8H;;6*1H2/q2*-1;+2;;;;;;/p+4. The Hall–Kier alpha value is -4.87. The summed E-state index contributed by atoms with van der Waals surface area (Å²) in [6, 6.07) is 14.8. The normalized spacial score (nSPS) is 8.59. The zero-order valence-electron chi connectivity index (χ0n) is 21.3. The van der Waals surface area contributed by atoms with Crippen molar-refractivity contribution < 1.29 is 49.3 Å². The summed E-state index contributed by atoms with van der Waals surface area (Å²) in [5, 5.41) is 16.2. The average molecular weight is 615 g/mol. The van der Waals surface area contributed by atoms with Gasteiger partial charge in [-0.1, -0.05) is 0 Å². The van der Waals surface area contributed by atoms with E-state index in [-0.39, 0.29) is 49.3 Å². The van der Waals surface area contributed by atoms with E-state index in [1.54, 1.807) is 49.6 Å². The van der Waals surface area contributed by atoms with E-state index in [1.165, 1.54) is 0 Å². The Morgan fingerprint density at radius 3 is 0.683 bits per heavy atom. The van der Waals surface area contributed by atoms with Crippen molar-refractivity contribution in [3.05, 3.63) is 98.1 Å². The molecule has 0 aliphatic heterocycles. The smallest absolute Gasteiger partial charge is 0.457 e. The van der Waals surface area contributed by atoms with Gasteiger partial charge in [0.25, 0.3) is 0 Å². The maximum absolute atomic E-state index is 4.37. The monoisotopic (exact) mass is 614 g/mol. The molecule has 0 spiro atoms. The number of pyridine rings is 4. The Kier molecular flexibility index (Phi) is 19.9. The second-order valence-corrected chi connectivity index (χ2v) is 6.86. The number of hydrogen-bond donors (Lipinski definition) is 0. The van der Waals surface area contributed by atoms with Crippen molar-refractivity contribution in [2.45, 2.75) is 0 Å². The van der Waals surface area contributed by atoms with E-state index in [0.717, 1.165) is 22.3 Å². The van der Waals surface area contributed by atoms with Gasteiger partial charge in [0.15, 0.2) is 0 Å². The zero-order valence-corrected chi connectivity index (χ0v) is 22.3. The molecule has 0 aromatic carbocycles. The van der Waals surface area contributed by atoms with E-state index in [9.17, 15) is 0 Å². The van der Waals surface area contributed by atoms with Crippen LogP contribution in [0.25, 0.3) is 45.6 Å². The van der Waals surface area contributed by atoms with Crippen molar-refractivity contribution in [3.8, 4) is 45.6 Å². The van der Waals surface area contributed by atoms with E-state index >= 15 is 0 Å². The molecule has 0 saturated carbocycles. The molecule has 17 heteroatoms. The minimum atomic E-state index is 0. The van der Waals surface area contributed by atoms with Crippen LogP contribution in [0, 0.1) is 0 Å². The largest absolute Gasteiger partial charge is 2.00 e. The Balaban J connectivity index is -0.000000602. The van der Waals surface area contributed by atoms with Gasteiger partial charge in [0.1, 0.15) is 0 Å². The second-order valence-electron chi connectivity index (χ2n) is 6.86. The summed E-state index contributed by atoms with van der Waals surface area (Å²) in [4.78, 5) is 24.6. The molecule has 220 valence electrons. The van der Waals surface area contributed by atoms with Crippen LogP contribution in [-0.4, -0.2) is 51.3 Å². The molecule has 16 N–H and O–H groups in total. The van der Waals surface area contributed by atoms with Crippen LogP contribution in [0.3, 0.4) is 0 Å². The molecule has 0 aliphatic rings. The minimum Gasteiger partial charge on any atom is -0.457 e. The van der Waals surface area contributed by atoms with E-state index < -0.39 is 0 Å². The summed E-state index contributed by atoms with van der Waals surface area (Å²) in [7, 11) is 0. The van der Waals surface area contributed by atoms with Gasteiger partial charge in [-0.2, -0.15) is 0 Å². The SMILES string of the molecule is O.O.[Ni+2].[OH3+].[OH3+].[OH3+].[OH3+].c1cc(-c2nnc(-c3ccncc3)[n-]2)ccn1.c1cc(-c2nnc(-c3ccncc3)[n-]2)ccn1. The Morgan fingerprint density at radius 2 is 0.512 bits per heavy atom. The van der Waals surface area contributed by atoms with Crippen LogP contribution in [0.2, 0.25) is 0 Å². The van der Waals surface area contributed by atoms with Crippen molar-refractivity contribution >= 4 is 0 Å². The number of nitrogens with zero attached hydrogens (tertiary/aromatic N) is 10. The summed E-state index contributed by atoms with van der Waals surface area (Å²) < 4.78 is 0. The van der Waals surface area contributed by atoms with Crippen LogP contribution in [0.4, 0.5) is 0 Å². The fraction of sp³-hybridized carbons (Fsp3) is 0. The van der Waals surface area contributed by atoms with Gasteiger partial charge in [0, 0.05) is 72.9 Å². The third-order valence-electron chi connectivity index (χ3n) is 4.66. The van der Waals surface area contributed by atoms with Gasteiger partial charge in [0.05, 0.1) is 0 Å². The second kappa shape index (κ2) is 20.1. The molecule has 0 atom stereocenters. The van der Waals surface area contributed by atoms with Gasteiger partial charge in [-0.05, 0) is 70.8 Å². The first-order valence-electron chi connectivity index (χ1n) is 10.2. The molecule has 6 rings (SSSR count). The van der Waals surface area contributed by atoms with Crippen molar-refractivity contribution in [2.75, 3.05) is 0 Å².